The Balaban J connectivity index is 2.69. The van der Waals surface area contributed by atoms with Crippen LogP contribution in [-0.4, -0.2) is 42.5 Å². The molecule has 0 aliphatic heterocycles. The maximum atomic E-state index is 10.8. The van der Waals surface area contributed by atoms with Crippen LogP contribution in [0, 0.1) is 0 Å². The molecule has 1 amide bonds. The summed E-state index contributed by atoms with van der Waals surface area (Å²) in [7, 11) is 1.51. The first-order valence-corrected chi connectivity index (χ1v) is 5.90. The van der Waals surface area contributed by atoms with Gasteiger partial charge in [-0.2, -0.15) is 0 Å². The number of rotatable bonds is 7. The van der Waals surface area contributed by atoms with Crippen LogP contribution in [0.1, 0.15) is 12.5 Å². The maximum absolute atomic E-state index is 10.8. The van der Waals surface area contributed by atoms with Gasteiger partial charge < -0.3 is 25.0 Å². The fourth-order valence-corrected chi connectivity index (χ4v) is 1.41. The number of carbonyl (C=O) groups excluding carboxylic acids is 1. The topological polar surface area (TPSA) is 88.0 Å². The summed E-state index contributed by atoms with van der Waals surface area (Å²) in [5, 5.41) is 20.6. The Labute approximate surface area is 112 Å². The first-order chi connectivity index (χ1) is 9.06. The third kappa shape index (κ3) is 5.15. The molecule has 0 spiro atoms. The van der Waals surface area contributed by atoms with Gasteiger partial charge in [-0.1, -0.05) is 6.07 Å². The molecule has 0 aliphatic rings. The quantitative estimate of drug-likeness (QED) is 0.651. The van der Waals surface area contributed by atoms with E-state index < -0.39 is 6.10 Å². The number of ether oxygens (including phenoxy) is 2. The van der Waals surface area contributed by atoms with Crippen LogP contribution < -0.4 is 14.8 Å². The molecule has 0 fully saturated rings. The molecule has 1 unspecified atom stereocenters. The Morgan fingerprint density at radius 1 is 1.42 bits per heavy atom. The van der Waals surface area contributed by atoms with Crippen LogP contribution in [-0.2, 0) is 11.3 Å². The maximum Gasteiger partial charge on any atom is 0.217 e. The Bertz CT molecular complexity index is 421. The molecular weight excluding hydrogens is 250 g/mol. The number of hydrogen-bond donors (Lipinski definition) is 3. The summed E-state index contributed by atoms with van der Waals surface area (Å²) in [4.78, 5) is 10.8. The molecule has 0 aliphatic carbocycles. The summed E-state index contributed by atoms with van der Waals surface area (Å²) >= 11 is 0. The summed E-state index contributed by atoms with van der Waals surface area (Å²) < 4.78 is 10.5. The van der Waals surface area contributed by atoms with E-state index in [1.54, 1.807) is 18.2 Å². The van der Waals surface area contributed by atoms with Crippen LogP contribution >= 0.6 is 0 Å². The van der Waals surface area contributed by atoms with E-state index in [0.717, 1.165) is 5.56 Å². The minimum atomic E-state index is -0.927. The van der Waals surface area contributed by atoms with Crippen molar-refractivity contribution in [1.29, 1.82) is 0 Å². The molecule has 19 heavy (non-hydrogen) atoms. The van der Waals surface area contributed by atoms with Gasteiger partial charge in [0, 0.05) is 13.5 Å². The number of carbonyl (C=O) groups is 1. The van der Waals surface area contributed by atoms with Crippen LogP contribution in [0.15, 0.2) is 18.2 Å². The summed E-state index contributed by atoms with van der Waals surface area (Å²) in [5.74, 6) is 0.875. The van der Waals surface area contributed by atoms with Crippen molar-refractivity contribution in [2.75, 3.05) is 20.3 Å². The van der Waals surface area contributed by atoms with Gasteiger partial charge in [-0.25, -0.2) is 0 Å². The van der Waals surface area contributed by atoms with E-state index in [9.17, 15) is 9.90 Å². The van der Waals surface area contributed by atoms with E-state index in [0.29, 0.717) is 18.0 Å². The smallest absolute Gasteiger partial charge is 0.217 e. The van der Waals surface area contributed by atoms with Crippen LogP contribution in [0.5, 0.6) is 11.5 Å². The van der Waals surface area contributed by atoms with Gasteiger partial charge in [0.2, 0.25) is 5.91 Å². The lowest BCUT2D eigenvalue weighted by Crippen LogP contribution is -2.21. The largest absolute Gasteiger partial charge is 0.493 e. The number of benzene rings is 1. The number of hydrogen-bond acceptors (Lipinski definition) is 5. The fraction of sp³-hybridized carbons (Fsp3) is 0.462. The third-order valence-corrected chi connectivity index (χ3v) is 2.41. The highest BCUT2D eigenvalue weighted by molar-refractivity contribution is 5.72. The molecule has 3 N–H and O–H groups in total. The van der Waals surface area contributed by atoms with Gasteiger partial charge in [0.05, 0.1) is 13.7 Å². The van der Waals surface area contributed by atoms with Crippen molar-refractivity contribution in [3.05, 3.63) is 23.8 Å². The van der Waals surface area contributed by atoms with E-state index in [2.05, 4.69) is 5.32 Å². The molecule has 1 aromatic carbocycles. The number of amides is 1. The van der Waals surface area contributed by atoms with Gasteiger partial charge in [-0.15, -0.1) is 0 Å². The van der Waals surface area contributed by atoms with Crippen LogP contribution in [0.4, 0.5) is 0 Å². The van der Waals surface area contributed by atoms with Gasteiger partial charge in [-0.3, -0.25) is 4.79 Å². The highest BCUT2D eigenvalue weighted by Gasteiger charge is 2.09. The highest BCUT2D eigenvalue weighted by Crippen LogP contribution is 2.28. The molecule has 0 saturated heterocycles. The lowest BCUT2D eigenvalue weighted by atomic mass is 10.2. The zero-order valence-electron chi connectivity index (χ0n) is 11.0. The molecule has 0 radical (unpaired) electrons. The van der Waals surface area contributed by atoms with Crippen molar-refractivity contribution < 1.29 is 24.5 Å². The Morgan fingerprint density at radius 3 is 2.74 bits per heavy atom. The lowest BCUT2D eigenvalue weighted by Gasteiger charge is -2.14. The van der Waals surface area contributed by atoms with Gasteiger partial charge in [0.15, 0.2) is 11.5 Å². The normalized spacial score (nSPS) is 11.8. The predicted molar refractivity (Wildman–Crippen MR) is 69.1 cm³/mol. The summed E-state index contributed by atoms with van der Waals surface area (Å²) in [6.45, 7) is 1.48. The van der Waals surface area contributed by atoms with Gasteiger partial charge >= 0.3 is 0 Å². The molecule has 6 nitrogen and oxygen atoms in total. The molecule has 106 valence electrons. The molecular formula is C13H19NO5. The average molecular weight is 269 g/mol. The summed E-state index contributed by atoms with van der Waals surface area (Å²) in [5.41, 5.74) is 0.877. The Hall–Kier alpha value is -1.79. The third-order valence-electron chi connectivity index (χ3n) is 2.41. The SMILES string of the molecule is COc1cc(CNC(C)=O)ccc1OCC(O)CO. The van der Waals surface area contributed by atoms with Crippen molar-refractivity contribution in [2.45, 2.75) is 19.6 Å². The molecule has 1 atom stereocenters. The molecule has 1 aromatic rings. The van der Waals surface area contributed by atoms with E-state index in [4.69, 9.17) is 14.6 Å². The molecule has 0 saturated carbocycles. The molecule has 0 aromatic heterocycles. The second-order valence-corrected chi connectivity index (χ2v) is 4.04. The average Bonchev–Trinajstić information content (AvgIpc) is 2.42. The van der Waals surface area contributed by atoms with E-state index in [1.165, 1.54) is 14.0 Å². The number of nitrogens with one attached hydrogen (secondary N) is 1. The molecule has 0 heterocycles. The lowest BCUT2D eigenvalue weighted by molar-refractivity contribution is -0.119. The van der Waals surface area contributed by atoms with E-state index in [-0.39, 0.29) is 19.1 Å². The standard InChI is InChI=1S/C13H19NO5/c1-9(16)14-6-10-3-4-12(13(5-10)18-2)19-8-11(17)7-15/h3-5,11,15,17H,6-8H2,1-2H3,(H,14,16). The summed E-state index contributed by atoms with van der Waals surface area (Å²) in [6.07, 6.45) is -0.927. The van der Waals surface area contributed by atoms with Crippen LogP contribution in [0.3, 0.4) is 0 Å². The number of methoxy groups -OCH3 is 1. The minimum Gasteiger partial charge on any atom is -0.493 e. The van der Waals surface area contributed by atoms with Crippen molar-refractivity contribution in [2.24, 2.45) is 0 Å². The zero-order chi connectivity index (χ0) is 14.3. The Kier molecular flexibility index (Phi) is 6.11. The van der Waals surface area contributed by atoms with E-state index in [1.807, 2.05) is 0 Å². The molecule has 1 rings (SSSR count). The van der Waals surface area contributed by atoms with Gasteiger partial charge in [-0.05, 0) is 17.7 Å². The second-order valence-electron chi connectivity index (χ2n) is 4.04. The zero-order valence-corrected chi connectivity index (χ0v) is 11.0. The first-order valence-electron chi connectivity index (χ1n) is 5.90. The summed E-state index contributed by atoms with van der Waals surface area (Å²) in [6, 6.07) is 5.23. The Morgan fingerprint density at radius 2 is 2.16 bits per heavy atom. The van der Waals surface area contributed by atoms with Crippen molar-refractivity contribution in [3.8, 4) is 11.5 Å². The molecule has 6 heteroatoms. The number of aliphatic hydroxyl groups excluding tert-OH is 2. The fourth-order valence-electron chi connectivity index (χ4n) is 1.41. The van der Waals surface area contributed by atoms with Crippen molar-refractivity contribution >= 4 is 5.91 Å². The minimum absolute atomic E-state index is 0.0160. The number of aliphatic hydroxyl groups is 2. The monoisotopic (exact) mass is 269 g/mol. The predicted octanol–water partition coefficient (Wildman–Crippen LogP) is 0.0633. The van der Waals surface area contributed by atoms with Crippen molar-refractivity contribution in [1.82, 2.24) is 5.32 Å². The second kappa shape index (κ2) is 7.60. The van der Waals surface area contributed by atoms with Crippen LogP contribution in [0.25, 0.3) is 0 Å². The van der Waals surface area contributed by atoms with Crippen molar-refractivity contribution in [3.63, 3.8) is 0 Å². The highest BCUT2D eigenvalue weighted by atomic mass is 16.5. The van der Waals surface area contributed by atoms with Crippen LogP contribution in [0.2, 0.25) is 0 Å². The molecule has 0 bridgehead atoms. The first kappa shape index (κ1) is 15.3. The van der Waals surface area contributed by atoms with Gasteiger partial charge in [0.1, 0.15) is 12.7 Å². The van der Waals surface area contributed by atoms with Gasteiger partial charge in [0.25, 0.3) is 0 Å². The van der Waals surface area contributed by atoms with E-state index >= 15 is 0 Å².